The van der Waals surface area contributed by atoms with E-state index in [1.54, 1.807) is 23.5 Å². The van der Waals surface area contributed by atoms with Gasteiger partial charge in [-0.05, 0) is 66.1 Å². The molecule has 3 N–H and O–H groups in total. The number of anilines is 2. The molecule has 0 unspecified atom stereocenters. The Balaban J connectivity index is 1.42. The molecule has 1 aliphatic rings. The lowest BCUT2D eigenvalue weighted by Crippen LogP contribution is -2.13. The van der Waals surface area contributed by atoms with Gasteiger partial charge in [0.1, 0.15) is 5.78 Å². The van der Waals surface area contributed by atoms with Crippen molar-refractivity contribution in [3.05, 3.63) is 71.1 Å². The second kappa shape index (κ2) is 7.98. The maximum atomic E-state index is 12.6. The molecule has 0 radical (unpaired) electrons. The zero-order valence-electron chi connectivity index (χ0n) is 15.5. The van der Waals surface area contributed by atoms with E-state index in [0.29, 0.717) is 35.1 Å². The molecular formula is C23H22N2O2S. The van der Waals surface area contributed by atoms with Gasteiger partial charge in [-0.2, -0.15) is 0 Å². The topological polar surface area (TPSA) is 72.2 Å². The van der Waals surface area contributed by atoms with E-state index in [4.69, 9.17) is 5.73 Å². The summed E-state index contributed by atoms with van der Waals surface area (Å²) in [5, 5.41) is 4.93. The Morgan fingerprint density at radius 2 is 1.86 bits per heavy atom. The maximum Gasteiger partial charge on any atom is 0.255 e. The van der Waals surface area contributed by atoms with E-state index < -0.39 is 0 Å². The molecule has 1 amide bonds. The number of rotatable bonds is 7. The van der Waals surface area contributed by atoms with Crippen LogP contribution < -0.4 is 11.1 Å². The zero-order chi connectivity index (χ0) is 19.5. The monoisotopic (exact) mass is 390 g/mol. The molecular weight excluding hydrogens is 368 g/mol. The number of carbonyl (C=O) groups excluding carboxylic acids is 2. The van der Waals surface area contributed by atoms with Crippen LogP contribution in [0.15, 0.2) is 60.0 Å². The van der Waals surface area contributed by atoms with Crippen LogP contribution in [-0.4, -0.2) is 11.7 Å². The SMILES string of the molecule is Nc1ccc(-c2cccs2)cc1NC(=O)c1ccc(CCC(=O)C2CC2)cc1. The van der Waals surface area contributed by atoms with Crippen LogP contribution in [-0.2, 0) is 11.2 Å². The minimum atomic E-state index is -0.198. The van der Waals surface area contributed by atoms with Gasteiger partial charge in [0.15, 0.2) is 0 Å². The van der Waals surface area contributed by atoms with Gasteiger partial charge in [-0.3, -0.25) is 9.59 Å². The molecule has 28 heavy (non-hydrogen) atoms. The van der Waals surface area contributed by atoms with Crippen molar-refractivity contribution in [3.63, 3.8) is 0 Å². The molecule has 1 aliphatic carbocycles. The smallest absolute Gasteiger partial charge is 0.255 e. The first-order valence-corrected chi connectivity index (χ1v) is 10.3. The van der Waals surface area contributed by atoms with Crippen molar-refractivity contribution in [2.75, 3.05) is 11.1 Å². The number of carbonyl (C=O) groups is 2. The highest BCUT2D eigenvalue weighted by Crippen LogP contribution is 2.32. The highest BCUT2D eigenvalue weighted by molar-refractivity contribution is 7.13. The van der Waals surface area contributed by atoms with Crippen LogP contribution in [0.1, 0.15) is 35.2 Å². The van der Waals surface area contributed by atoms with Gasteiger partial charge in [0.05, 0.1) is 11.4 Å². The number of thiophene rings is 1. The van der Waals surface area contributed by atoms with Crippen LogP contribution in [0.2, 0.25) is 0 Å². The number of hydrogen-bond acceptors (Lipinski definition) is 4. The molecule has 4 rings (SSSR count). The molecule has 1 aromatic heterocycles. The van der Waals surface area contributed by atoms with Crippen molar-refractivity contribution < 1.29 is 9.59 Å². The van der Waals surface area contributed by atoms with Gasteiger partial charge in [0.25, 0.3) is 5.91 Å². The van der Waals surface area contributed by atoms with Crippen LogP contribution in [0.5, 0.6) is 0 Å². The van der Waals surface area contributed by atoms with E-state index >= 15 is 0 Å². The first-order valence-electron chi connectivity index (χ1n) is 9.46. The molecule has 0 aliphatic heterocycles. The van der Waals surface area contributed by atoms with Gasteiger partial charge in [-0.1, -0.05) is 24.3 Å². The van der Waals surface area contributed by atoms with Crippen LogP contribution in [0, 0.1) is 5.92 Å². The zero-order valence-corrected chi connectivity index (χ0v) is 16.3. The summed E-state index contributed by atoms with van der Waals surface area (Å²) in [5.74, 6) is 0.471. The van der Waals surface area contributed by atoms with Crippen molar-refractivity contribution in [1.82, 2.24) is 0 Å². The Morgan fingerprint density at radius 1 is 1.07 bits per heavy atom. The Hall–Kier alpha value is -2.92. The first kappa shape index (κ1) is 18.4. The number of nitrogens with one attached hydrogen (secondary N) is 1. The number of nitrogens with two attached hydrogens (primary N) is 1. The normalized spacial score (nSPS) is 13.3. The molecule has 1 heterocycles. The van der Waals surface area contributed by atoms with Crippen molar-refractivity contribution in [2.24, 2.45) is 5.92 Å². The summed E-state index contributed by atoms with van der Waals surface area (Å²) in [6.07, 6.45) is 3.42. The van der Waals surface area contributed by atoms with Crippen molar-refractivity contribution in [2.45, 2.75) is 25.7 Å². The van der Waals surface area contributed by atoms with E-state index in [1.165, 1.54) is 0 Å². The molecule has 3 aromatic rings. The number of aryl methyl sites for hydroxylation is 1. The molecule has 1 fully saturated rings. The van der Waals surface area contributed by atoms with Gasteiger partial charge in [-0.15, -0.1) is 11.3 Å². The number of ketones is 1. The Morgan fingerprint density at radius 3 is 2.54 bits per heavy atom. The summed E-state index contributed by atoms with van der Waals surface area (Å²) in [7, 11) is 0. The average molecular weight is 391 g/mol. The Bertz CT molecular complexity index is 990. The average Bonchev–Trinajstić information content (AvgIpc) is 3.42. The summed E-state index contributed by atoms with van der Waals surface area (Å²) >= 11 is 1.64. The third kappa shape index (κ3) is 4.31. The second-order valence-corrected chi connectivity index (χ2v) is 8.12. The molecule has 0 saturated heterocycles. The van der Waals surface area contributed by atoms with Gasteiger partial charge < -0.3 is 11.1 Å². The van der Waals surface area contributed by atoms with Crippen molar-refractivity contribution >= 4 is 34.4 Å². The maximum absolute atomic E-state index is 12.6. The molecule has 0 atom stereocenters. The second-order valence-electron chi connectivity index (χ2n) is 7.17. The fourth-order valence-electron chi connectivity index (χ4n) is 3.15. The van der Waals surface area contributed by atoms with Crippen molar-refractivity contribution in [1.29, 1.82) is 0 Å². The summed E-state index contributed by atoms with van der Waals surface area (Å²) in [6, 6.07) is 17.1. The van der Waals surface area contributed by atoms with E-state index in [-0.39, 0.29) is 5.91 Å². The fraction of sp³-hybridized carbons (Fsp3) is 0.217. The fourth-order valence-corrected chi connectivity index (χ4v) is 3.88. The lowest BCUT2D eigenvalue weighted by atomic mass is 10.0. The van der Waals surface area contributed by atoms with Crippen LogP contribution >= 0.6 is 11.3 Å². The largest absolute Gasteiger partial charge is 0.397 e. The molecule has 0 bridgehead atoms. The summed E-state index contributed by atoms with van der Waals surface area (Å²) in [4.78, 5) is 25.6. The van der Waals surface area contributed by atoms with Gasteiger partial charge >= 0.3 is 0 Å². The summed E-state index contributed by atoms with van der Waals surface area (Å²) in [6.45, 7) is 0. The minimum absolute atomic E-state index is 0.198. The highest BCUT2D eigenvalue weighted by atomic mass is 32.1. The predicted molar refractivity (Wildman–Crippen MR) is 115 cm³/mol. The lowest BCUT2D eigenvalue weighted by Gasteiger charge is -2.10. The lowest BCUT2D eigenvalue weighted by molar-refractivity contribution is -0.120. The molecule has 142 valence electrons. The quantitative estimate of drug-likeness (QED) is 0.547. The number of benzene rings is 2. The van der Waals surface area contributed by atoms with Crippen molar-refractivity contribution in [3.8, 4) is 10.4 Å². The molecule has 2 aromatic carbocycles. The molecule has 5 heteroatoms. The first-order chi connectivity index (χ1) is 13.6. The van der Waals surface area contributed by atoms with Gasteiger partial charge in [0.2, 0.25) is 0 Å². The summed E-state index contributed by atoms with van der Waals surface area (Å²) < 4.78 is 0. The van der Waals surface area contributed by atoms with Gasteiger partial charge in [-0.25, -0.2) is 0 Å². The Kier molecular flexibility index (Phi) is 5.26. The third-order valence-corrected chi connectivity index (χ3v) is 5.94. The molecule has 4 nitrogen and oxygen atoms in total. The predicted octanol–water partition coefficient (Wildman–Crippen LogP) is 5.16. The summed E-state index contributed by atoms with van der Waals surface area (Å²) in [5.41, 5.74) is 9.85. The highest BCUT2D eigenvalue weighted by Gasteiger charge is 2.28. The van der Waals surface area contributed by atoms with Crippen LogP contribution in [0.4, 0.5) is 11.4 Å². The van der Waals surface area contributed by atoms with E-state index in [2.05, 4.69) is 5.32 Å². The number of hydrogen-bond donors (Lipinski definition) is 2. The molecule has 1 saturated carbocycles. The van der Waals surface area contributed by atoms with E-state index in [1.807, 2.05) is 47.8 Å². The Labute approximate surface area is 168 Å². The number of nitrogen functional groups attached to an aromatic ring is 1. The standard InChI is InChI=1S/C23H22N2O2S/c24-19-11-10-18(22-2-1-13-28-22)14-20(19)25-23(27)17-6-3-15(4-7-17)5-12-21(26)16-8-9-16/h1-4,6-7,10-11,13-14,16H,5,8-9,12,24H2,(H,25,27). The molecule has 0 spiro atoms. The van der Waals surface area contributed by atoms with Gasteiger partial charge in [0, 0.05) is 22.8 Å². The van der Waals surface area contributed by atoms with E-state index in [0.717, 1.165) is 35.3 Å². The minimum Gasteiger partial charge on any atom is -0.397 e. The van der Waals surface area contributed by atoms with E-state index in [9.17, 15) is 9.59 Å². The number of amides is 1. The third-order valence-electron chi connectivity index (χ3n) is 5.02. The van der Waals surface area contributed by atoms with Crippen LogP contribution in [0.3, 0.4) is 0 Å². The number of Topliss-reactive ketones (excluding diaryl/α,β-unsaturated/α-hetero) is 1. The van der Waals surface area contributed by atoms with Crippen LogP contribution in [0.25, 0.3) is 10.4 Å².